The minimum Gasteiger partial charge on any atom is -0.337 e. The van der Waals surface area contributed by atoms with Gasteiger partial charge < -0.3 is 20.4 Å². The molecule has 0 aromatic rings. The lowest BCUT2D eigenvalue weighted by Gasteiger charge is -2.40. The number of hydrogen-bond donors (Lipinski definition) is 2. The van der Waals surface area contributed by atoms with E-state index in [4.69, 9.17) is 0 Å². The van der Waals surface area contributed by atoms with Crippen LogP contribution in [0.2, 0.25) is 0 Å². The van der Waals surface area contributed by atoms with Crippen LogP contribution in [-0.2, 0) is 4.79 Å². The first-order valence-electron chi connectivity index (χ1n) is 6.54. The van der Waals surface area contributed by atoms with Crippen LogP contribution in [0.5, 0.6) is 0 Å². The largest absolute Gasteiger partial charge is 0.337 e. The molecular formula is C12H22N4O2. The number of likely N-dealkylation sites (N-methyl/N-ethyl adjacent to an activating group) is 1. The fourth-order valence-electron chi connectivity index (χ4n) is 2.70. The Morgan fingerprint density at radius 1 is 1.50 bits per heavy atom. The number of fused-ring (bicyclic) bond motifs is 1. The van der Waals surface area contributed by atoms with E-state index in [0.29, 0.717) is 26.2 Å². The molecule has 2 heterocycles. The van der Waals surface area contributed by atoms with Crippen LogP contribution in [0, 0.1) is 0 Å². The van der Waals surface area contributed by atoms with Crippen molar-refractivity contribution in [2.75, 3.05) is 32.7 Å². The van der Waals surface area contributed by atoms with Crippen molar-refractivity contribution >= 4 is 11.9 Å². The highest BCUT2D eigenvalue weighted by Gasteiger charge is 2.40. The summed E-state index contributed by atoms with van der Waals surface area (Å²) >= 11 is 0. The molecule has 0 spiro atoms. The molecule has 0 bridgehead atoms. The van der Waals surface area contributed by atoms with Gasteiger partial charge in [-0.25, -0.2) is 4.79 Å². The third-order valence-electron chi connectivity index (χ3n) is 3.67. The normalized spacial score (nSPS) is 23.9. The zero-order valence-electron chi connectivity index (χ0n) is 11.3. The van der Waals surface area contributed by atoms with E-state index in [2.05, 4.69) is 10.6 Å². The first-order valence-corrected chi connectivity index (χ1v) is 6.54. The Balaban J connectivity index is 1.99. The van der Waals surface area contributed by atoms with Crippen LogP contribution in [0.1, 0.15) is 20.8 Å². The van der Waals surface area contributed by atoms with Gasteiger partial charge in [-0.3, -0.25) is 4.79 Å². The molecule has 0 aromatic carbocycles. The molecule has 3 amide bonds. The molecule has 2 N–H and O–H groups in total. The van der Waals surface area contributed by atoms with Crippen LogP contribution in [0.3, 0.4) is 0 Å². The van der Waals surface area contributed by atoms with Gasteiger partial charge in [-0.1, -0.05) is 6.92 Å². The zero-order valence-corrected chi connectivity index (χ0v) is 11.3. The van der Waals surface area contributed by atoms with E-state index in [1.165, 1.54) is 0 Å². The molecule has 2 aliphatic rings. The van der Waals surface area contributed by atoms with E-state index >= 15 is 0 Å². The van der Waals surface area contributed by atoms with Gasteiger partial charge in [0.1, 0.15) is 0 Å². The number of amides is 3. The van der Waals surface area contributed by atoms with Crippen molar-refractivity contribution in [3.8, 4) is 0 Å². The Morgan fingerprint density at radius 3 is 2.89 bits per heavy atom. The summed E-state index contributed by atoms with van der Waals surface area (Å²) in [6.45, 7) is 9.10. The van der Waals surface area contributed by atoms with Gasteiger partial charge in [-0.2, -0.15) is 0 Å². The summed E-state index contributed by atoms with van der Waals surface area (Å²) in [5.74, 6) is 0.114. The molecule has 1 atom stereocenters. The summed E-state index contributed by atoms with van der Waals surface area (Å²) in [7, 11) is 0. The van der Waals surface area contributed by atoms with Crippen LogP contribution < -0.4 is 10.6 Å². The van der Waals surface area contributed by atoms with Crippen LogP contribution in [-0.4, -0.2) is 66.0 Å². The average molecular weight is 254 g/mol. The van der Waals surface area contributed by atoms with Gasteiger partial charge in [0, 0.05) is 26.2 Å². The van der Waals surface area contributed by atoms with Gasteiger partial charge in [-0.05, 0) is 20.4 Å². The molecule has 0 aromatic heterocycles. The van der Waals surface area contributed by atoms with Crippen molar-refractivity contribution in [1.82, 2.24) is 20.4 Å². The van der Waals surface area contributed by atoms with Crippen molar-refractivity contribution in [2.24, 2.45) is 0 Å². The smallest absolute Gasteiger partial charge is 0.317 e. The molecule has 18 heavy (non-hydrogen) atoms. The highest BCUT2D eigenvalue weighted by atomic mass is 16.2. The predicted octanol–water partition coefficient (Wildman–Crippen LogP) is -0.389. The van der Waals surface area contributed by atoms with Crippen LogP contribution in [0.15, 0.2) is 0 Å². The fourth-order valence-corrected chi connectivity index (χ4v) is 2.70. The molecule has 2 aliphatic heterocycles. The second-order valence-corrected chi connectivity index (χ2v) is 5.44. The number of piperazine rings is 1. The minimum absolute atomic E-state index is 0.00181. The molecule has 6 nitrogen and oxygen atoms in total. The molecule has 0 saturated carbocycles. The standard InChI is InChI=1S/C12H22N4O2/c1-4-14-12(2,3)10(17)15-5-6-16-9(8-15)7-13-11(16)18/h9,14H,4-8H2,1-3H3,(H,13,18). The molecule has 102 valence electrons. The number of urea groups is 1. The number of carbonyl (C=O) groups excluding carboxylic acids is 2. The quantitative estimate of drug-likeness (QED) is 0.721. The lowest BCUT2D eigenvalue weighted by molar-refractivity contribution is -0.139. The molecule has 2 fully saturated rings. The number of nitrogens with zero attached hydrogens (tertiary/aromatic N) is 2. The van der Waals surface area contributed by atoms with Gasteiger partial charge in [0.25, 0.3) is 0 Å². The van der Waals surface area contributed by atoms with Crippen LogP contribution >= 0.6 is 0 Å². The van der Waals surface area contributed by atoms with Crippen molar-refractivity contribution in [1.29, 1.82) is 0 Å². The molecule has 2 saturated heterocycles. The van der Waals surface area contributed by atoms with E-state index in [1.54, 1.807) is 0 Å². The van der Waals surface area contributed by atoms with Gasteiger partial charge in [0.2, 0.25) is 5.91 Å². The van der Waals surface area contributed by atoms with Gasteiger partial charge in [0.05, 0.1) is 11.6 Å². The van der Waals surface area contributed by atoms with E-state index in [9.17, 15) is 9.59 Å². The average Bonchev–Trinajstić information content (AvgIpc) is 2.69. The predicted molar refractivity (Wildman–Crippen MR) is 68.2 cm³/mol. The first kappa shape index (κ1) is 13.1. The second kappa shape index (κ2) is 4.76. The van der Waals surface area contributed by atoms with Crippen molar-refractivity contribution in [2.45, 2.75) is 32.4 Å². The van der Waals surface area contributed by atoms with Gasteiger partial charge >= 0.3 is 6.03 Å². The molecule has 0 aliphatic carbocycles. The summed E-state index contributed by atoms with van der Waals surface area (Å²) in [5.41, 5.74) is -0.535. The van der Waals surface area contributed by atoms with E-state index in [-0.39, 0.29) is 18.0 Å². The minimum atomic E-state index is -0.535. The van der Waals surface area contributed by atoms with Crippen molar-refractivity contribution in [3.05, 3.63) is 0 Å². The third kappa shape index (κ3) is 2.29. The Labute approximate surface area is 108 Å². The fraction of sp³-hybridized carbons (Fsp3) is 0.833. The van der Waals surface area contributed by atoms with Crippen LogP contribution in [0.4, 0.5) is 4.79 Å². The summed E-state index contributed by atoms with van der Waals surface area (Å²) in [4.78, 5) is 27.6. The van der Waals surface area contributed by atoms with Crippen molar-refractivity contribution < 1.29 is 9.59 Å². The Bertz CT molecular complexity index is 356. The molecule has 2 rings (SSSR count). The monoisotopic (exact) mass is 254 g/mol. The Kier molecular flexibility index (Phi) is 3.47. The van der Waals surface area contributed by atoms with E-state index in [1.807, 2.05) is 30.6 Å². The second-order valence-electron chi connectivity index (χ2n) is 5.44. The summed E-state index contributed by atoms with van der Waals surface area (Å²) in [6.07, 6.45) is 0. The zero-order chi connectivity index (χ0) is 13.3. The Hall–Kier alpha value is -1.30. The maximum Gasteiger partial charge on any atom is 0.317 e. The van der Waals surface area contributed by atoms with E-state index in [0.717, 1.165) is 6.54 Å². The lowest BCUT2D eigenvalue weighted by atomic mass is 10.0. The number of hydrogen-bond acceptors (Lipinski definition) is 3. The maximum absolute atomic E-state index is 12.4. The lowest BCUT2D eigenvalue weighted by Crippen LogP contribution is -2.60. The summed E-state index contributed by atoms with van der Waals surface area (Å²) < 4.78 is 0. The molecule has 6 heteroatoms. The van der Waals surface area contributed by atoms with E-state index < -0.39 is 5.54 Å². The highest BCUT2D eigenvalue weighted by Crippen LogP contribution is 2.17. The number of rotatable bonds is 3. The Morgan fingerprint density at radius 2 is 2.22 bits per heavy atom. The molecule has 0 radical (unpaired) electrons. The first-order chi connectivity index (χ1) is 8.45. The third-order valence-corrected chi connectivity index (χ3v) is 3.67. The summed E-state index contributed by atoms with van der Waals surface area (Å²) in [6, 6.07) is 0.130. The van der Waals surface area contributed by atoms with Crippen LogP contribution in [0.25, 0.3) is 0 Å². The van der Waals surface area contributed by atoms with Crippen molar-refractivity contribution in [3.63, 3.8) is 0 Å². The van der Waals surface area contributed by atoms with Gasteiger partial charge in [-0.15, -0.1) is 0 Å². The highest BCUT2D eigenvalue weighted by molar-refractivity contribution is 5.86. The topological polar surface area (TPSA) is 64.7 Å². The number of carbonyl (C=O) groups is 2. The SMILES string of the molecule is CCNC(C)(C)C(=O)N1CCN2C(=O)NCC2C1. The maximum atomic E-state index is 12.4. The van der Waals surface area contributed by atoms with Gasteiger partial charge in [0.15, 0.2) is 0 Å². The molecular weight excluding hydrogens is 232 g/mol. The summed E-state index contributed by atoms with van der Waals surface area (Å²) in [5, 5.41) is 6.02. The molecule has 1 unspecified atom stereocenters. The number of nitrogens with one attached hydrogen (secondary N) is 2.